The number of hydrogen-bond donors (Lipinski definition) is 1. The molecule has 8 rings (SSSR count). The van der Waals surface area contributed by atoms with Crippen molar-refractivity contribution >= 4 is 38.0 Å². The van der Waals surface area contributed by atoms with Crippen LogP contribution in [-0.4, -0.2) is 87.7 Å². The molecule has 3 aromatic heterocycles. The van der Waals surface area contributed by atoms with E-state index in [-0.39, 0.29) is 23.9 Å². The lowest BCUT2D eigenvalue weighted by Crippen LogP contribution is -2.50. The molecule has 11 nitrogen and oxygen atoms in total. The van der Waals surface area contributed by atoms with Crippen molar-refractivity contribution in [3.8, 4) is 17.3 Å². The summed E-state index contributed by atoms with van der Waals surface area (Å²) in [6.07, 6.45) is 7.50. The normalized spacial score (nSPS) is 24.3. The number of imidazole rings is 1. The second-order valence-corrected chi connectivity index (χ2v) is 15.0. The number of sulfonamides is 1. The molecular formula is C31H37N7O4S. The summed E-state index contributed by atoms with van der Waals surface area (Å²) in [7, 11) is -1.62. The van der Waals surface area contributed by atoms with E-state index in [4.69, 9.17) is 20.4 Å². The molecule has 2 saturated heterocycles. The van der Waals surface area contributed by atoms with Crippen LogP contribution < -0.4 is 10.5 Å². The van der Waals surface area contributed by atoms with Crippen molar-refractivity contribution < 1.29 is 17.9 Å². The molecule has 43 heavy (non-hydrogen) atoms. The Balaban J connectivity index is 1.26. The van der Waals surface area contributed by atoms with Crippen LogP contribution in [0.1, 0.15) is 36.0 Å². The van der Waals surface area contributed by atoms with Crippen molar-refractivity contribution in [2.45, 2.75) is 50.9 Å². The van der Waals surface area contributed by atoms with Gasteiger partial charge in [-0.25, -0.2) is 22.7 Å². The van der Waals surface area contributed by atoms with Gasteiger partial charge >= 0.3 is 0 Å². The van der Waals surface area contributed by atoms with E-state index >= 15 is 0 Å². The number of benzene rings is 1. The van der Waals surface area contributed by atoms with Crippen LogP contribution >= 0.6 is 0 Å². The SMILES string of the molecule is COc1cc(C(=O)N2CC3CCC2[C@@H]3N)cc2nc(-c3cc4cccnc4n3CC3CC3)n(CC3CN(S(C)(=O)=O)C3)c12. The molecular weight excluding hydrogens is 566 g/mol. The van der Waals surface area contributed by atoms with Crippen LogP contribution in [0, 0.1) is 17.8 Å². The van der Waals surface area contributed by atoms with Crippen LogP contribution in [0.3, 0.4) is 0 Å². The molecule has 0 spiro atoms. The molecule has 2 saturated carbocycles. The van der Waals surface area contributed by atoms with Gasteiger partial charge in [-0.1, -0.05) is 0 Å². The monoisotopic (exact) mass is 603 g/mol. The van der Waals surface area contributed by atoms with E-state index in [9.17, 15) is 13.2 Å². The third-order valence-electron chi connectivity index (χ3n) is 10.0. The Morgan fingerprint density at radius 1 is 1.05 bits per heavy atom. The molecule has 2 bridgehead atoms. The van der Waals surface area contributed by atoms with Gasteiger partial charge in [0.2, 0.25) is 10.0 Å². The zero-order valence-corrected chi connectivity index (χ0v) is 25.3. The van der Waals surface area contributed by atoms with E-state index in [2.05, 4.69) is 21.3 Å². The van der Waals surface area contributed by atoms with E-state index in [0.29, 0.717) is 54.8 Å². The van der Waals surface area contributed by atoms with Crippen LogP contribution in [0.15, 0.2) is 36.5 Å². The van der Waals surface area contributed by atoms with Gasteiger partial charge in [0.05, 0.1) is 24.6 Å². The number of hydrogen-bond acceptors (Lipinski definition) is 7. The summed E-state index contributed by atoms with van der Waals surface area (Å²) in [5.41, 5.74) is 10.4. The number of aromatic nitrogens is 4. The minimum atomic E-state index is -3.24. The van der Waals surface area contributed by atoms with Gasteiger partial charge in [-0.2, -0.15) is 0 Å². The Bertz CT molecular complexity index is 1870. The topological polar surface area (TPSA) is 129 Å². The lowest BCUT2D eigenvalue weighted by Gasteiger charge is -2.37. The molecule has 4 fully saturated rings. The number of pyridine rings is 1. The highest BCUT2D eigenvalue weighted by Gasteiger charge is 2.47. The Hall–Kier alpha value is -3.48. The first kappa shape index (κ1) is 27.1. The van der Waals surface area contributed by atoms with E-state index in [1.165, 1.54) is 23.4 Å². The molecule has 4 aromatic rings. The highest BCUT2D eigenvalue weighted by Crippen LogP contribution is 2.41. The fourth-order valence-electron chi connectivity index (χ4n) is 7.51. The number of rotatable bonds is 8. The molecule has 0 radical (unpaired) electrons. The summed E-state index contributed by atoms with van der Waals surface area (Å²) in [5.74, 6) is 2.42. The molecule has 3 atom stereocenters. The highest BCUT2D eigenvalue weighted by molar-refractivity contribution is 7.88. The molecule has 2 aliphatic heterocycles. The van der Waals surface area contributed by atoms with Crippen molar-refractivity contribution in [1.29, 1.82) is 0 Å². The number of amides is 1. The first-order valence-corrected chi connectivity index (χ1v) is 17.1. The maximum absolute atomic E-state index is 13.8. The number of fused-ring (bicyclic) bond motifs is 4. The Morgan fingerprint density at radius 2 is 1.84 bits per heavy atom. The maximum Gasteiger partial charge on any atom is 0.254 e. The number of nitrogens with two attached hydrogens (primary N) is 1. The van der Waals surface area contributed by atoms with Gasteiger partial charge < -0.3 is 24.5 Å². The van der Waals surface area contributed by atoms with Crippen LogP contribution in [-0.2, 0) is 23.1 Å². The minimum Gasteiger partial charge on any atom is -0.494 e. The second-order valence-electron chi connectivity index (χ2n) is 13.0. The lowest BCUT2D eigenvalue weighted by atomic mass is 10.0. The summed E-state index contributed by atoms with van der Waals surface area (Å²) < 4.78 is 36.1. The molecule has 4 aliphatic rings. The molecule has 2 N–H and O–H groups in total. The van der Waals surface area contributed by atoms with Gasteiger partial charge in [-0.05, 0) is 67.9 Å². The smallest absolute Gasteiger partial charge is 0.254 e. The van der Waals surface area contributed by atoms with Gasteiger partial charge in [0.25, 0.3) is 5.91 Å². The second kappa shape index (κ2) is 9.76. The Morgan fingerprint density at radius 3 is 2.51 bits per heavy atom. The van der Waals surface area contributed by atoms with Crippen molar-refractivity contribution in [2.24, 2.45) is 23.5 Å². The maximum atomic E-state index is 13.8. The lowest BCUT2D eigenvalue weighted by molar-refractivity contribution is 0.0700. The molecule has 226 valence electrons. The van der Waals surface area contributed by atoms with Crippen molar-refractivity contribution in [3.05, 3.63) is 42.1 Å². The van der Waals surface area contributed by atoms with Crippen molar-refractivity contribution in [2.75, 3.05) is 33.0 Å². The van der Waals surface area contributed by atoms with E-state index in [1.54, 1.807) is 7.11 Å². The summed E-state index contributed by atoms with van der Waals surface area (Å²) >= 11 is 0. The minimum absolute atomic E-state index is 0.0335. The van der Waals surface area contributed by atoms with Gasteiger partial charge in [0.15, 0.2) is 5.82 Å². The fraction of sp³-hybridized carbons (Fsp3) is 0.516. The summed E-state index contributed by atoms with van der Waals surface area (Å²) in [6, 6.07) is 9.99. The average Bonchev–Trinajstić information content (AvgIpc) is 3.32. The van der Waals surface area contributed by atoms with E-state index < -0.39 is 10.0 Å². The standard InChI is InChI=1S/C31H37N7O4S/c1-42-26-12-22(31(39)37-17-21-7-8-24(37)27(21)32)10-23-28(26)38(16-19-13-35(14-19)43(2,40)41)30(34-23)25-11-20-4-3-9-33-29(20)36(25)15-18-5-6-18/h3-4,9-12,18-19,21,24,27H,5-8,13-17,32H2,1-2H3/t21?,24?,27-/m1/s1. The van der Waals surface area contributed by atoms with E-state index in [0.717, 1.165) is 47.5 Å². The summed E-state index contributed by atoms with van der Waals surface area (Å²) in [6.45, 7) is 3.05. The number of carbonyl (C=O) groups is 1. The summed E-state index contributed by atoms with van der Waals surface area (Å²) in [5, 5.41) is 1.05. The number of piperidine rings is 1. The van der Waals surface area contributed by atoms with E-state index in [1.807, 2.05) is 29.3 Å². The Kier molecular flexibility index (Phi) is 6.15. The first-order chi connectivity index (χ1) is 20.7. The number of carbonyl (C=O) groups excluding carboxylic acids is 1. The molecule has 5 heterocycles. The van der Waals surface area contributed by atoms with Crippen LogP contribution in [0.2, 0.25) is 0 Å². The highest BCUT2D eigenvalue weighted by atomic mass is 32.2. The van der Waals surface area contributed by atoms with Crippen molar-refractivity contribution in [3.63, 3.8) is 0 Å². The quantitative estimate of drug-likeness (QED) is 0.328. The largest absolute Gasteiger partial charge is 0.494 e. The number of methoxy groups -OCH3 is 1. The number of likely N-dealkylation sites (tertiary alicyclic amines) is 1. The number of ether oxygens (including phenoxy) is 1. The third-order valence-corrected chi connectivity index (χ3v) is 11.3. The molecule has 2 aliphatic carbocycles. The fourth-order valence-corrected chi connectivity index (χ4v) is 8.48. The van der Waals surface area contributed by atoms with Gasteiger partial charge in [-0.3, -0.25) is 4.79 Å². The first-order valence-electron chi connectivity index (χ1n) is 15.2. The molecule has 1 aromatic carbocycles. The predicted octanol–water partition coefficient (Wildman–Crippen LogP) is 2.92. The van der Waals surface area contributed by atoms with Crippen molar-refractivity contribution in [1.82, 2.24) is 28.3 Å². The van der Waals surface area contributed by atoms with Gasteiger partial charge in [0.1, 0.15) is 16.9 Å². The van der Waals surface area contributed by atoms with Crippen LogP contribution in [0.25, 0.3) is 33.6 Å². The molecule has 12 heteroatoms. The predicted molar refractivity (Wildman–Crippen MR) is 163 cm³/mol. The summed E-state index contributed by atoms with van der Waals surface area (Å²) in [4.78, 5) is 25.7. The molecule has 1 amide bonds. The van der Waals surface area contributed by atoms with Gasteiger partial charge in [-0.15, -0.1) is 0 Å². The van der Waals surface area contributed by atoms with Crippen LogP contribution in [0.4, 0.5) is 0 Å². The number of nitrogens with zero attached hydrogens (tertiary/aromatic N) is 6. The molecule has 2 unspecified atom stereocenters. The average molecular weight is 604 g/mol. The zero-order valence-electron chi connectivity index (χ0n) is 24.5. The zero-order chi connectivity index (χ0) is 29.6. The van der Waals surface area contributed by atoms with Gasteiger partial charge in [0, 0.05) is 67.9 Å². The van der Waals surface area contributed by atoms with Crippen LogP contribution in [0.5, 0.6) is 5.75 Å². The third kappa shape index (κ3) is 4.44. The Labute approximate surface area is 250 Å².